The van der Waals surface area contributed by atoms with Crippen LogP contribution in [-0.4, -0.2) is 23.0 Å². The van der Waals surface area contributed by atoms with E-state index in [-0.39, 0.29) is 11.4 Å². The van der Waals surface area contributed by atoms with Gasteiger partial charge in [0.2, 0.25) is 0 Å². The molecule has 1 aromatic rings. The first-order valence-electron chi connectivity index (χ1n) is 7.20. The molecular formula is C15H19BrN2O2. The number of fused-ring (bicyclic) bond motifs is 2. The molecule has 2 fully saturated rings. The van der Waals surface area contributed by atoms with E-state index in [0.717, 1.165) is 42.4 Å². The van der Waals surface area contributed by atoms with E-state index >= 15 is 0 Å². The highest BCUT2D eigenvalue weighted by molar-refractivity contribution is 9.10. The topological polar surface area (TPSA) is 52.1 Å². The Morgan fingerprint density at radius 3 is 2.80 bits per heavy atom. The van der Waals surface area contributed by atoms with Gasteiger partial charge < -0.3 is 4.74 Å². The van der Waals surface area contributed by atoms with Gasteiger partial charge in [0.05, 0.1) is 17.0 Å². The SMILES string of the molecule is COC(=O)C12CCCC(C1)C(c1ncc(Br)cn1)CC2. The molecular weight excluding hydrogens is 320 g/mol. The lowest BCUT2D eigenvalue weighted by Gasteiger charge is -2.46. The second-order valence-electron chi connectivity index (χ2n) is 6.03. The van der Waals surface area contributed by atoms with E-state index in [9.17, 15) is 4.79 Å². The maximum atomic E-state index is 12.1. The first-order valence-corrected chi connectivity index (χ1v) is 8.00. The summed E-state index contributed by atoms with van der Waals surface area (Å²) in [6, 6.07) is 0. The Hall–Kier alpha value is -0.970. The number of rotatable bonds is 2. The zero-order chi connectivity index (χ0) is 14.2. The van der Waals surface area contributed by atoms with Crippen LogP contribution < -0.4 is 0 Å². The van der Waals surface area contributed by atoms with Gasteiger partial charge in [-0.1, -0.05) is 6.42 Å². The highest BCUT2D eigenvalue weighted by Gasteiger charge is 2.49. The van der Waals surface area contributed by atoms with Gasteiger partial charge in [-0.2, -0.15) is 0 Å². The molecule has 1 heterocycles. The molecule has 0 aromatic carbocycles. The van der Waals surface area contributed by atoms with Crippen molar-refractivity contribution < 1.29 is 9.53 Å². The van der Waals surface area contributed by atoms with Crippen molar-refractivity contribution in [1.29, 1.82) is 0 Å². The summed E-state index contributed by atoms with van der Waals surface area (Å²) >= 11 is 3.37. The molecule has 2 saturated carbocycles. The molecule has 3 rings (SSSR count). The Bertz CT molecular complexity index is 505. The van der Waals surface area contributed by atoms with E-state index in [0.29, 0.717) is 11.8 Å². The van der Waals surface area contributed by atoms with Crippen LogP contribution in [0.25, 0.3) is 0 Å². The zero-order valence-electron chi connectivity index (χ0n) is 11.6. The molecule has 20 heavy (non-hydrogen) atoms. The van der Waals surface area contributed by atoms with E-state index in [4.69, 9.17) is 4.74 Å². The summed E-state index contributed by atoms with van der Waals surface area (Å²) in [5.41, 5.74) is -0.233. The first-order chi connectivity index (χ1) is 9.64. The van der Waals surface area contributed by atoms with E-state index in [1.165, 1.54) is 13.5 Å². The molecule has 2 aliphatic carbocycles. The second kappa shape index (κ2) is 5.43. The third-order valence-corrected chi connectivity index (χ3v) is 5.39. The number of methoxy groups -OCH3 is 1. The quantitative estimate of drug-likeness (QED) is 0.775. The minimum absolute atomic E-state index is 0.0163. The second-order valence-corrected chi connectivity index (χ2v) is 6.95. The molecule has 3 unspecified atom stereocenters. The van der Waals surface area contributed by atoms with Crippen molar-refractivity contribution >= 4 is 21.9 Å². The molecule has 2 aliphatic rings. The van der Waals surface area contributed by atoms with Crippen molar-refractivity contribution in [3.63, 3.8) is 0 Å². The van der Waals surface area contributed by atoms with Gasteiger partial charge in [-0.25, -0.2) is 9.97 Å². The highest BCUT2D eigenvalue weighted by atomic mass is 79.9. The summed E-state index contributed by atoms with van der Waals surface area (Å²) < 4.78 is 5.95. The predicted octanol–water partition coefficient (Wildman–Crippen LogP) is 3.47. The van der Waals surface area contributed by atoms with Gasteiger partial charge in [0, 0.05) is 18.3 Å². The maximum absolute atomic E-state index is 12.1. The molecule has 0 spiro atoms. The lowest BCUT2D eigenvalue weighted by molar-refractivity contribution is -0.159. The molecule has 0 saturated heterocycles. The van der Waals surface area contributed by atoms with Crippen molar-refractivity contribution in [3.05, 3.63) is 22.7 Å². The van der Waals surface area contributed by atoms with Gasteiger partial charge >= 0.3 is 5.97 Å². The minimum Gasteiger partial charge on any atom is -0.469 e. The fraction of sp³-hybridized carbons (Fsp3) is 0.667. The molecule has 3 atom stereocenters. The summed E-state index contributed by atoms with van der Waals surface area (Å²) in [6.45, 7) is 0. The van der Waals surface area contributed by atoms with Crippen LogP contribution in [-0.2, 0) is 9.53 Å². The van der Waals surface area contributed by atoms with Gasteiger partial charge in [0.25, 0.3) is 0 Å². The van der Waals surface area contributed by atoms with Crippen LogP contribution in [0.4, 0.5) is 0 Å². The number of hydrogen-bond acceptors (Lipinski definition) is 4. The molecule has 0 N–H and O–H groups in total. The van der Waals surface area contributed by atoms with Crippen LogP contribution in [0.1, 0.15) is 50.3 Å². The number of halogens is 1. The van der Waals surface area contributed by atoms with Crippen LogP contribution in [0.15, 0.2) is 16.9 Å². The van der Waals surface area contributed by atoms with Crippen molar-refractivity contribution in [2.75, 3.05) is 7.11 Å². The summed E-state index contributed by atoms with van der Waals surface area (Å²) in [4.78, 5) is 21.1. The molecule has 1 aromatic heterocycles. The number of nitrogens with zero attached hydrogens (tertiary/aromatic N) is 2. The van der Waals surface area contributed by atoms with Crippen LogP contribution in [0.2, 0.25) is 0 Å². The monoisotopic (exact) mass is 338 g/mol. The van der Waals surface area contributed by atoms with Crippen molar-refractivity contribution in [2.45, 2.75) is 44.4 Å². The van der Waals surface area contributed by atoms with Crippen molar-refractivity contribution in [2.24, 2.45) is 11.3 Å². The standard InChI is InChI=1S/C15H19BrN2O2/c1-20-14(19)15-5-2-3-10(7-15)12(4-6-15)13-17-8-11(16)9-18-13/h8-10,12H,2-7H2,1H3. The van der Waals surface area contributed by atoms with Gasteiger partial charge in [0.15, 0.2) is 0 Å². The number of hydrogen-bond donors (Lipinski definition) is 0. The Labute approximate surface area is 127 Å². The normalized spacial score (nSPS) is 32.7. The lowest BCUT2D eigenvalue weighted by Crippen LogP contribution is -2.43. The fourth-order valence-corrected chi connectivity index (χ4v) is 4.21. The first kappa shape index (κ1) is 14.0. The number of carbonyl (C=O) groups is 1. The number of ether oxygens (including phenoxy) is 1. The molecule has 0 radical (unpaired) electrons. The smallest absolute Gasteiger partial charge is 0.311 e. The Kier molecular flexibility index (Phi) is 3.80. The summed E-state index contributed by atoms with van der Waals surface area (Å²) in [7, 11) is 1.50. The van der Waals surface area contributed by atoms with E-state index in [1.807, 2.05) is 12.4 Å². The molecule has 4 nitrogen and oxygen atoms in total. The average Bonchev–Trinajstić information content (AvgIpc) is 2.48. The van der Waals surface area contributed by atoms with Gasteiger partial charge in [-0.05, 0) is 54.0 Å². The summed E-state index contributed by atoms with van der Waals surface area (Å²) in [5.74, 6) is 1.81. The van der Waals surface area contributed by atoms with Crippen LogP contribution in [0.3, 0.4) is 0 Å². The highest BCUT2D eigenvalue weighted by Crippen LogP contribution is 2.54. The summed E-state index contributed by atoms with van der Waals surface area (Å²) in [6.07, 6.45) is 9.70. The van der Waals surface area contributed by atoms with E-state index < -0.39 is 0 Å². The van der Waals surface area contributed by atoms with Crippen LogP contribution in [0, 0.1) is 11.3 Å². The Morgan fingerprint density at radius 1 is 1.35 bits per heavy atom. The molecule has 5 heteroatoms. The van der Waals surface area contributed by atoms with Gasteiger partial charge in [-0.3, -0.25) is 4.79 Å². The number of aromatic nitrogens is 2. The lowest BCUT2D eigenvalue weighted by atomic mass is 9.58. The van der Waals surface area contributed by atoms with Crippen LogP contribution in [0.5, 0.6) is 0 Å². The van der Waals surface area contributed by atoms with E-state index in [2.05, 4.69) is 25.9 Å². The van der Waals surface area contributed by atoms with Crippen LogP contribution >= 0.6 is 15.9 Å². The van der Waals surface area contributed by atoms with Gasteiger partial charge in [0.1, 0.15) is 5.82 Å². The van der Waals surface area contributed by atoms with Crippen molar-refractivity contribution in [1.82, 2.24) is 9.97 Å². The minimum atomic E-state index is -0.233. The molecule has 2 bridgehead atoms. The predicted molar refractivity (Wildman–Crippen MR) is 78.1 cm³/mol. The zero-order valence-corrected chi connectivity index (χ0v) is 13.2. The molecule has 0 aliphatic heterocycles. The average molecular weight is 339 g/mol. The van der Waals surface area contributed by atoms with Crippen molar-refractivity contribution in [3.8, 4) is 0 Å². The van der Waals surface area contributed by atoms with Gasteiger partial charge in [-0.15, -0.1) is 0 Å². The van der Waals surface area contributed by atoms with E-state index in [1.54, 1.807) is 0 Å². The molecule has 0 amide bonds. The number of carbonyl (C=O) groups excluding carboxylic acids is 1. The third kappa shape index (κ3) is 2.36. The Balaban J connectivity index is 1.82. The summed E-state index contributed by atoms with van der Waals surface area (Å²) in [5, 5.41) is 0. The third-order valence-electron chi connectivity index (χ3n) is 4.98. The number of esters is 1. The largest absolute Gasteiger partial charge is 0.469 e. The fourth-order valence-electron chi connectivity index (χ4n) is 4.00. The Morgan fingerprint density at radius 2 is 2.10 bits per heavy atom. The maximum Gasteiger partial charge on any atom is 0.311 e. The molecule has 108 valence electrons.